The van der Waals surface area contributed by atoms with Crippen LogP contribution in [0.2, 0.25) is 10.0 Å². The van der Waals surface area contributed by atoms with Crippen LogP contribution in [0.4, 0.5) is 32.2 Å². The Hall–Kier alpha value is -2.20. The fraction of sp³-hybridized carbons (Fsp3) is 0.200. The third-order valence-electron chi connectivity index (χ3n) is 3.36. The first-order valence-corrected chi connectivity index (χ1v) is 7.79. The molecular formula is C15H10Cl2F6N3O+. The van der Waals surface area contributed by atoms with Gasteiger partial charge in [-0.05, 0) is 24.3 Å². The summed E-state index contributed by atoms with van der Waals surface area (Å²) in [6.45, 7) is 0. The maximum Gasteiger partial charge on any atom is 0.462 e. The van der Waals surface area contributed by atoms with Gasteiger partial charge >= 0.3 is 18.0 Å². The molecule has 0 unspecified atom stereocenters. The van der Waals surface area contributed by atoms with Gasteiger partial charge in [0.1, 0.15) is 0 Å². The molecule has 1 aromatic heterocycles. The summed E-state index contributed by atoms with van der Waals surface area (Å²) in [5.41, 5.74) is -5.39. The van der Waals surface area contributed by atoms with E-state index in [4.69, 9.17) is 23.2 Å². The topological polar surface area (TPSA) is 55.3 Å². The number of amides is 1. The second-order valence-electron chi connectivity index (χ2n) is 5.23. The van der Waals surface area contributed by atoms with Gasteiger partial charge in [-0.25, -0.2) is 10.3 Å². The number of H-pyrrole nitrogens is 1. The number of aromatic amines is 1. The number of aromatic nitrogens is 1. The van der Waals surface area contributed by atoms with Crippen molar-refractivity contribution in [2.75, 3.05) is 5.32 Å². The summed E-state index contributed by atoms with van der Waals surface area (Å²) in [4.78, 5) is 14.4. The van der Waals surface area contributed by atoms with Crippen molar-refractivity contribution in [3.8, 4) is 0 Å². The number of nitrogens with one attached hydrogen (secondary N) is 3. The molecule has 0 atom stereocenters. The average Bonchev–Trinajstić information content (AvgIpc) is 2.52. The Bertz CT molecular complexity index is 813. The van der Waals surface area contributed by atoms with Crippen molar-refractivity contribution in [1.29, 1.82) is 0 Å². The highest BCUT2D eigenvalue weighted by Crippen LogP contribution is 2.43. The van der Waals surface area contributed by atoms with Crippen LogP contribution in [0, 0.1) is 0 Å². The van der Waals surface area contributed by atoms with Crippen LogP contribution in [0.5, 0.6) is 0 Å². The third-order valence-corrected chi connectivity index (χ3v) is 3.91. The highest BCUT2D eigenvalue weighted by Gasteiger charge is 2.76. The van der Waals surface area contributed by atoms with Gasteiger partial charge in [-0.2, -0.15) is 26.3 Å². The lowest BCUT2D eigenvalue weighted by Gasteiger charge is -2.34. The fourth-order valence-corrected chi connectivity index (χ4v) is 2.55. The molecule has 0 aliphatic heterocycles. The summed E-state index contributed by atoms with van der Waals surface area (Å²) in [6, 6.07) is 6.51. The van der Waals surface area contributed by atoms with E-state index in [9.17, 15) is 31.1 Å². The zero-order valence-corrected chi connectivity index (χ0v) is 14.5. The molecule has 0 fully saturated rings. The Labute approximate surface area is 158 Å². The largest absolute Gasteiger partial charge is 0.462 e. The van der Waals surface area contributed by atoms with Crippen LogP contribution >= 0.6 is 23.2 Å². The van der Waals surface area contributed by atoms with Crippen LogP contribution in [0.15, 0.2) is 42.6 Å². The molecule has 1 amide bonds. The van der Waals surface area contributed by atoms with E-state index in [1.54, 1.807) is 0 Å². The quantitative estimate of drug-likeness (QED) is 0.553. The van der Waals surface area contributed by atoms with Gasteiger partial charge < -0.3 is 0 Å². The number of pyridine rings is 1. The number of rotatable bonds is 4. The molecule has 27 heavy (non-hydrogen) atoms. The first-order chi connectivity index (χ1) is 12.4. The van der Waals surface area contributed by atoms with Crippen LogP contribution < -0.4 is 15.6 Å². The predicted molar refractivity (Wildman–Crippen MR) is 85.4 cm³/mol. The van der Waals surface area contributed by atoms with E-state index in [1.807, 2.05) is 0 Å². The summed E-state index contributed by atoms with van der Waals surface area (Å²) in [6.07, 6.45) is -10.8. The molecule has 2 aromatic rings. The van der Waals surface area contributed by atoms with Crippen molar-refractivity contribution >= 4 is 34.9 Å². The molecule has 12 heteroatoms. The molecule has 1 aromatic carbocycles. The normalized spacial score (nSPS) is 12.6. The fourth-order valence-electron chi connectivity index (χ4n) is 2.06. The van der Waals surface area contributed by atoms with Crippen LogP contribution in [-0.4, -0.2) is 23.9 Å². The van der Waals surface area contributed by atoms with Gasteiger partial charge in [0.25, 0.3) is 11.7 Å². The van der Waals surface area contributed by atoms with Crippen LogP contribution in [0.25, 0.3) is 0 Å². The maximum atomic E-state index is 13.5. The number of hydrogen-bond donors (Lipinski definition) is 2. The molecule has 0 aliphatic rings. The lowest BCUT2D eigenvalue weighted by atomic mass is 10.1. The molecule has 4 nitrogen and oxygen atoms in total. The Morgan fingerprint density at radius 2 is 1.59 bits per heavy atom. The van der Waals surface area contributed by atoms with E-state index < -0.39 is 40.3 Å². The molecular weight excluding hydrogens is 423 g/mol. The molecule has 0 saturated carbocycles. The van der Waals surface area contributed by atoms with Crippen LogP contribution in [-0.2, 0) is 0 Å². The van der Waals surface area contributed by atoms with Gasteiger partial charge in [-0.3, -0.25) is 10.1 Å². The molecule has 0 saturated heterocycles. The van der Waals surface area contributed by atoms with Crippen molar-refractivity contribution in [3.05, 3.63) is 58.2 Å². The lowest BCUT2D eigenvalue weighted by Crippen LogP contribution is -2.72. The standard InChI is InChI=1S/C15H9Cl2F6N3O/c16-8-4-5-9(10(17)7-8)12(27)26-13(14(18,19)20,15(21,22)23)25-11-3-1-2-6-24-11/h1-7H,(H,24,25)(H,26,27)/p+1. The Balaban J connectivity index is 2.53. The second kappa shape index (κ2) is 7.43. The van der Waals surface area contributed by atoms with E-state index in [1.165, 1.54) is 17.4 Å². The molecule has 0 aliphatic carbocycles. The highest BCUT2D eigenvalue weighted by molar-refractivity contribution is 6.36. The Morgan fingerprint density at radius 3 is 2.07 bits per heavy atom. The van der Waals surface area contributed by atoms with Gasteiger partial charge in [0.05, 0.1) is 16.8 Å². The van der Waals surface area contributed by atoms with Crippen molar-refractivity contribution in [2.24, 2.45) is 0 Å². The summed E-state index contributed by atoms with van der Waals surface area (Å²) in [5.74, 6) is -2.33. The van der Waals surface area contributed by atoms with Crippen molar-refractivity contribution in [1.82, 2.24) is 5.32 Å². The van der Waals surface area contributed by atoms with E-state index in [0.717, 1.165) is 35.8 Å². The third kappa shape index (κ3) is 4.38. The zero-order valence-electron chi connectivity index (χ0n) is 13.0. The Kier molecular flexibility index (Phi) is 5.81. The Morgan fingerprint density at radius 1 is 0.963 bits per heavy atom. The van der Waals surface area contributed by atoms with Crippen LogP contribution in [0.1, 0.15) is 10.4 Å². The highest BCUT2D eigenvalue weighted by atomic mass is 35.5. The monoisotopic (exact) mass is 432 g/mol. The number of halogens is 8. The smallest absolute Gasteiger partial charge is 0.296 e. The number of alkyl halides is 6. The molecule has 2 rings (SSSR count). The first-order valence-electron chi connectivity index (χ1n) is 7.03. The van der Waals surface area contributed by atoms with E-state index in [-0.39, 0.29) is 5.02 Å². The zero-order chi connectivity index (χ0) is 20.5. The van der Waals surface area contributed by atoms with Crippen LogP contribution in [0.3, 0.4) is 0 Å². The van der Waals surface area contributed by atoms with Crippen molar-refractivity contribution < 1.29 is 36.1 Å². The second-order valence-corrected chi connectivity index (χ2v) is 6.07. The van der Waals surface area contributed by atoms with E-state index >= 15 is 0 Å². The summed E-state index contributed by atoms with van der Waals surface area (Å²) < 4.78 is 81.2. The number of hydrogen-bond acceptors (Lipinski definition) is 2. The van der Waals surface area contributed by atoms with Gasteiger partial charge in [0.15, 0.2) is 0 Å². The predicted octanol–water partition coefficient (Wildman–Crippen LogP) is 4.47. The molecule has 146 valence electrons. The van der Waals surface area contributed by atoms with Gasteiger partial charge in [0.2, 0.25) is 0 Å². The minimum absolute atomic E-state index is 0.0477. The first kappa shape index (κ1) is 21.1. The number of carbonyl (C=O) groups is 1. The lowest BCUT2D eigenvalue weighted by molar-refractivity contribution is -0.367. The minimum atomic E-state index is -5.95. The molecule has 0 spiro atoms. The molecule has 3 N–H and O–H groups in total. The molecule has 0 radical (unpaired) electrons. The number of benzene rings is 1. The number of carbonyl (C=O) groups excluding carboxylic acids is 1. The van der Waals surface area contributed by atoms with Gasteiger partial charge in [-0.15, -0.1) is 0 Å². The molecule has 0 bridgehead atoms. The van der Waals surface area contributed by atoms with Crippen molar-refractivity contribution in [2.45, 2.75) is 18.0 Å². The average molecular weight is 433 g/mol. The summed E-state index contributed by atoms with van der Waals surface area (Å²) >= 11 is 11.3. The van der Waals surface area contributed by atoms with Gasteiger partial charge in [0, 0.05) is 11.1 Å². The van der Waals surface area contributed by atoms with E-state index in [0.29, 0.717) is 0 Å². The maximum absolute atomic E-state index is 13.5. The molecule has 1 heterocycles. The van der Waals surface area contributed by atoms with E-state index in [2.05, 4.69) is 4.98 Å². The minimum Gasteiger partial charge on any atom is -0.296 e. The van der Waals surface area contributed by atoms with Gasteiger partial charge in [-0.1, -0.05) is 29.3 Å². The summed E-state index contributed by atoms with van der Waals surface area (Å²) in [5, 5.41) is 1.92. The number of anilines is 1. The summed E-state index contributed by atoms with van der Waals surface area (Å²) in [7, 11) is 0. The SMILES string of the molecule is O=C(NC(Nc1cccc[nH+]1)(C(F)(F)F)C(F)(F)F)c1ccc(Cl)cc1Cl. The van der Waals surface area contributed by atoms with Crippen molar-refractivity contribution in [3.63, 3.8) is 0 Å².